The number of hydrogen-bond donors (Lipinski definition) is 1. The van der Waals surface area contributed by atoms with Gasteiger partial charge in [-0.25, -0.2) is 9.97 Å². The molecule has 1 aromatic carbocycles. The number of hydrogen-bond acceptors (Lipinski definition) is 3. The van der Waals surface area contributed by atoms with Gasteiger partial charge in [0.2, 0.25) is 0 Å². The van der Waals surface area contributed by atoms with Crippen molar-refractivity contribution in [1.82, 2.24) is 9.97 Å². The lowest BCUT2D eigenvalue weighted by atomic mass is 9.95. The van der Waals surface area contributed by atoms with E-state index in [2.05, 4.69) is 65.8 Å². The van der Waals surface area contributed by atoms with Crippen LogP contribution in [0.2, 0.25) is 0 Å². The van der Waals surface area contributed by atoms with Crippen molar-refractivity contribution in [2.45, 2.75) is 26.2 Å². The van der Waals surface area contributed by atoms with Crippen LogP contribution in [-0.4, -0.2) is 17.0 Å². The average Bonchev–Trinajstić information content (AvgIpc) is 2.38. The third-order valence-electron chi connectivity index (χ3n) is 2.81. The van der Waals surface area contributed by atoms with Gasteiger partial charge in [-0.15, -0.1) is 0 Å². The van der Waals surface area contributed by atoms with Crippen LogP contribution in [0.5, 0.6) is 0 Å². The first-order chi connectivity index (χ1) is 8.93. The summed E-state index contributed by atoms with van der Waals surface area (Å²) in [5.74, 6) is 1.75. The maximum atomic E-state index is 4.76. The summed E-state index contributed by atoms with van der Waals surface area (Å²) in [4.78, 5) is 9.38. The zero-order chi connectivity index (χ0) is 14.0. The molecule has 3 nitrogen and oxygen atoms in total. The molecule has 0 bridgehead atoms. The van der Waals surface area contributed by atoms with Crippen molar-refractivity contribution >= 4 is 28.4 Å². The molecule has 0 amide bonds. The van der Waals surface area contributed by atoms with Gasteiger partial charge in [0, 0.05) is 18.0 Å². The van der Waals surface area contributed by atoms with Gasteiger partial charge >= 0.3 is 0 Å². The second-order valence-electron chi connectivity index (χ2n) is 5.42. The van der Waals surface area contributed by atoms with E-state index in [1.807, 2.05) is 25.2 Å². The Morgan fingerprint density at radius 3 is 2.21 bits per heavy atom. The highest BCUT2D eigenvalue weighted by molar-refractivity contribution is 14.1. The minimum absolute atomic E-state index is 0.0700. The van der Waals surface area contributed by atoms with Gasteiger partial charge in [0.15, 0.2) is 0 Å². The molecule has 0 radical (unpaired) electrons. The fourth-order valence-electron chi connectivity index (χ4n) is 1.74. The number of benzene rings is 1. The van der Waals surface area contributed by atoms with Gasteiger partial charge in [-0.05, 0) is 22.6 Å². The van der Waals surface area contributed by atoms with Crippen LogP contribution in [0.15, 0.2) is 30.3 Å². The molecule has 1 heterocycles. The van der Waals surface area contributed by atoms with Crippen LogP contribution in [-0.2, 0) is 5.41 Å². The molecular formula is C15H18IN3. The Kier molecular flexibility index (Phi) is 4.08. The van der Waals surface area contributed by atoms with Gasteiger partial charge in [0.05, 0.1) is 9.26 Å². The molecule has 19 heavy (non-hydrogen) atoms. The van der Waals surface area contributed by atoms with Crippen LogP contribution in [0.4, 0.5) is 5.82 Å². The smallest absolute Gasteiger partial charge is 0.143 e. The second kappa shape index (κ2) is 5.45. The van der Waals surface area contributed by atoms with E-state index in [9.17, 15) is 0 Å². The van der Waals surface area contributed by atoms with Crippen molar-refractivity contribution in [2.24, 2.45) is 0 Å². The number of nitrogens with one attached hydrogen (secondary N) is 1. The summed E-state index contributed by atoms with van der Waals surface area (Å²) in [6.07, 6.45) is 0. The molecule has 0 fully saturated rings. The molecule has 0 saturated heterocycles. The number of nitrogens with zero attached hydrogens (tertiary/aromatic N) is 2. The molecule has 2 aromatic rings. The van der Waals surface area contributed by atoms with Crippen molar-refractivity contribution in [2.75, 3.05) is 12.4 Å². The molecule has 2 rings (SSSR count). The highest BCUT2D eigenvalue weighted by Gasteiger charge is 2.21. The number of anilines is 1. The SMILES string of the molecule is CNc1nc(C(C)(C)C)nc(-c2ccccc2)c1I. The van der Waals surface area contributed by atoms with Crippen LogP contribution in [0.1, 0.15) is 26.6 Å². The topological polar surface area (TPSA) is 37.8 Å². The Morgan fingerprint density at radius 2 is 1.68 bits per heavy atom. The zero-order valence-electron chi connectivity index (χ0n) is 11.7. The summed E-state index contributed by atoms with van der Waals surface area (Å²) in [6.45, 7) is 6.39. The molecule has 0 atom stereocenters. The van der Waals surface area contributed by atoms with E-state index >= 15 is 0 Å². The van der Waals surface area contributed by atoms with E-state index < -0.39 is 0 Å². The van der Waals surface area contributed by atoms with Gasteiger partial charge in [0.1, 0.15) is 11.6 Å². The maximum absolute atomic E-state index is 4.76. The predicted octanol–water partition coefficient (Wildman–Crippen LogP) is 4.09. The molecule has 1 N–H and O–H groups in total. The van der Waals surface area contributed by atoms with Crippen molar-refractivity contribution in [3.63, 3.8) is 0 Å². The van der Waals surface area contributed by atoms with E-state index in [0.717, 1.165) is 26.5 Å². The van der Waals surface area contributed by atoms with Gasteiger partial charge < -0.3 is 5.32 Å². The van der Waals surface area contributed by atoms with Crippen molar-refractivity contribution in [1.29, 1.82) is 0 Å². The maximum Gasteiger partial charge on any atom is 0.143 e. The van der Waals surface area contributed by atoms with E-state index in [4.69, 9.17) is 4.98 Å². The predicted molar refractivity (Wildman–Crippen MR) is 88.4 cm³/mol. The minimum atomic E-state index is -0.0700. The first kappa shape index (κ1) is 14.2. The van der Waals surface area contributed by atoms with E-state index in [1.54, 1.807) is 0 Å². The standard InChI is InChI=1S/C15H18IN3/c1-15(2,3)14-18-12(10-8-6-5-7-9-10)11(16)13(17-4)19-14/h5-9H,1-4H3,(H,17,18,19). The van der Waals surface area contributed by atoms with Crippen LogP contribution in [0.25, 0.3) is 11.3 Å². The fourth-order valence-corrected chi connectivity index (χ4v) is 2.56. The van der Waals surface area contributed by atoms with Crippen molar-refractivity contribution in [3.05, 3.63) is 39.7 Å². The van der Waals surface area contributed by atoms with Gasteiger partial charge in [-0.2, -0.15) is 0 Å². The summed E-state index contributed by atoms with van der Waals surface area (Å²) in [6, 6.07) is 10.2. The van der Waals surface area contributed by atoms with Crippen LogP contribution < -0.4 is 5.32 Å². The second-order valence-corrected chi connectivity index (χ2v) is 6.50. The highest BCUT2D eigenvalue weighted by atomic mass is 127. The first-order valence-corrected chi connectivity index (χ1v) is 7.32. The Morgan fingerprint density at radius 1 is 1.05 bits per heavy atom. The Hall–Kier alpha value is -1.17. The summed E-state index contributed by atoms with van der Waals surface area (Å²) < 4.78 is 1.05. The highest BCUT2D eigenvalue weighted by Crippen LogP contribution is 2.30. The third-order valence-corrected chi connectivity index (χ3v) is 3.83. The number of aromatic nitrogens is 2. The summed E-state index contributed by atoms with van der Waals surface area (Å²) in [5.41, 5.74) is 2.04. The largest absolute Gasteiger partial charge is 0.372 e. The van der Waals surface area contributed by atoms with E-state index in [0.29, 0.717) is 0 Å². The van der Waals surface area contributed by atoms with Crippen molar-refractivity contribution < 1.29 is 0 Å². The van der Waals surface area contributed by atoms with Gasteiger partial charge in [-0.1, -0.05) is 51.1 Å². The quantitative estimate of drug-likeness (QED) is 0.813. The zero-order valence-corrected chi connectivity index (χ0v) is 13.8. The fraction of sp³-hybridized carbons (Fsp3) is 0.333. The van der Waals surface area contributed by atoms with Crippen LogP contribution >= 0.6 is 22.6 Å². The molecule has 0 aliphatic heterocycles. The Bertz CT molecular complexity index is 574. The van der Waals surface area contributed by atoms with Gasteiger partial charge in [0.25, 0.3) is 0 Å². The lowest BCUT2D eigenvalue weighted by Gasteiger charge is -2.20. The molecular weight excluding hydrogens is 349 g/mol. The molecule has 100 valence electrons. The lowest BCUT2D eigenvalue weighted by molar-refractivity contribution is 0.546. The molecule has 1 aromatic heterocycles. The molecule has 4 heteroatoms. The normalized spacial score (nSPS) is 11.4. The molecule has 0 spiro atoms. The summed E-state index contributed by atoms with van der Waals surface area (Å²) in [5, 5.41) is 3.16. The lowest BCUT2D eigenvalue weighted by Crippen LogP contribution is -2.18. The molecule has 0 saturated carbocycles. The van der Waals surface area contributed by atoms with Crippen molar-refractivity contribution in [3.8, 4) is 11.3 Å². The number of halogens is 1. The Balaban J connectivity index is 2.66. The minimum Gasteiger partial charge on any atom is -0.372 e. The average molecular weight is 367 g/mol. The van der Waals surface area contributed by atoms with Gasteiger partial charge in [-0.3, -0.25) is 0 Å². The first-order valence-electron chi connectivity index (χ1n) is 6.24. The van der Waals surface area contributed by atoms with Crippen LogP contribution in [0, 0.1) is 3.57 Å². The summed E-state index contributed by atoms with van der Waals surface area (Å²) in [7, 11) is 1.89. The monoisotopic (exact) mass is 367 g/mol. The number of rotatable bonds is 2. The van der Waals surface area contributed by atoms with Crippen LogP contribution in [0.3, 0.4) is 0 Å². The molecule has 0 aliphatic carbocycles. The Labute approximate surface area is 128 Å². The van der Waals surface area contributed by atoms with E-state index in [-0.39, 0.29) is 5.41 Å². The van der Waals surface area contributed by atoms with E-state index in [1.165, 1.54) is 0 Å². The summed E-state index contributed by atoms with van der Waals surface area (Å²) >= 11 is 2.30. The third kappa shape index (κ3) is 3.05. The molecule has 0 aliphatic rings. The molecule has 0 unspecified atom stereocenters.